The average Bonchev–Trinajstić information content (AvgIpc) is 2.94. The van der Waals surface area contributed by atoms with Crippen LogP contribution in [0.2, 0.25) is 0 Å². The summed E-state index contributed by atoms with van der Waals surface area (Å²) >= 11 is 7.34. The fourth-order valence-electron chi connectivity index (χ4n) is 1.46. The third-order valence-electron chi connectivity index (χ3n) is 2.65. The Hall–Kier alpha value is -0.120. The van der Waals surface area contributed by atoms with Gasteiger partial charge in [0.15, 0.2) is 0 Å². The molecule has 1 saturated carbocycles. The van der Waals surface area contributed by atoms with Gasteiger partial charge in [0.25, 0.3) is 0 Å². The normalized spacial score (nSPS) is 18.0. The van der Waals surface area contributed by atoms with E-state index in [2.05, 4.69) is 11.9 Å². The largest absolute Gasteiger partial charge is 0.371 e. The molecule has 1 aliphatic carbocycles. The van der Waals surface area contributed by atoms with E-state index in [4.69, 9.17) is 16.3 Å². The van der Waals surface area contributed by atoms with E-state index in [1.54, 1.807) is 11.3 Å². The van der Waals surface area contributed by atoms with Crippen molar-refractivity contribution in [2.45, 2.75) is 38.2 Å². The van der Waals surface area contributed by atoms with Crippen LogP contribution in [0, 0.1) is 5.92 Å². The topological polar surface area (TPSA) is 22.1 Å². The van der Waals surface area contributed by atoms with Gasteiger partial charge in [0.1, 0.15) is 11.1 Å². The summed E-state index contributed by atoms with van der Waals surface area (Å²) in [5.41, 5.74) is 0.953. The van der Waals surface area contributed by atoms with E-state index in [9.17, 15) is 0 Å². The van der Waals surface area contributed by atoms with Crippen LogP contribution in [0.25, 0.3) is 0 Å². The second kappa shape index (κ2) is 5.28. The van der Waals surface area contributed by atoms with Crippen LogP contribution in [-0.2, 0) is 10.6 Å². The highest BCUT2D eigenvalue weighted by atomic mass is 35.5. The van der Waals surface area contributed by atoms with E-state index < -0.39 is 0 Å². The van der Waals surface area contributed by atoms with Crippen molar-refractivity contribution in [1.29, 1.82) is 0 Å². The van der Waals surface area contributed by atoms with Crippen molar-refractivity contribution in [3.8, 4) is 0 Å². The van der Waals surface area contributed by atoms with E-state index >= 15 is 0 Å². The zero-order valence-corrected chi connectivity index (χ0v) is 10.5. The summed E-state index contributed by atoms with van der Waals surface area (Å²) in [5.74, 6) is 1.43. The molecule has 2 nitrogen and oxygen atoms in total. The Morgan fingerprint density at radius 3 is 3.07 bits per heavy atom. The molecule has 0 radical (unpaired) electrons. The fraction of sp³-hybridized carbons (Fsp3) is 0.727. The number of nitrogens with zero attached hydrogens (tertiary/aromatic N) is 1. The molecular weight excluding hydrogens is 230 g/mol. The third kappa shape index (κ3) is 3.44. The van der Waals surface area contributed by atoms with Gasteiger partial charge in [-0.1, -0.05) is 12.8 Å². The summed E-state index contributed by atoms with van der Waals surface area (Å²) in [4.78, 5) is 4.40. The van der Waals surface area contributed by atoms with E-state index in [1.807, 2.05) is 5.38 Å². The van der Waals surface area contributed by atoms with Crippen LogP contribution >= 0.6 is 22.9 Å². The van der Waals surface area contributed by atoms with Gasteiger partial charge in [-0.15, -0.1) is 22.9 Å². The number of halogens is 1. The summed E-state index contributed by atoms with van der Waals surface area (Å²) in [6, 6.07) is 0. The second-order valence-corrected chi connectivity index (χ2v) is 5.21. The quantitative estimate of drug-likeness (QED) is 0.712. The summed E-state index contributed by atoms with van der Waals surface area (Å²) in [7, 11) is 0. The van der Waals surface area contributed by atoms with Gasteiger partial charge in [-0.25, -0.2) is 4.98 Å². The van der Waals surface area contributed by atoms with Crippen molar-refractivity contribution in [2.75, 3.05) is 6.61 Å². The van der Waals surface area contributed by atoms with E-state index in [-0.39, 0.29) is 6.10 Å². The minimum atomic E-state index is 0.116. The van der Waals surface area contributed by atoms with Gasteiger partial charge in [0.05, 0.1) is 11.6 Å². The molecule has 0 amide bonds. The summed E-state index contributed by atoms with van der Waals surface area (Å²) in [6.45, 7) is 2.92. The molecule has 0 spiro atoms. The Labute approximate surface area is 99.6 Å². The summed E-state index contributed by atoms with van der Waals surface area (Å²) in [5, 5.41) is 3.05. The van der Waals surface area contributed by atoms with Crippen molar-refractivity contribution in [3.05, 3.63) is 16.1 Å². The zero-order valence-electron chi connectivity index (χ0n) is 8.91. The van der Waals surface area contributed by atoms with Crippen molar-refractivity contribution in [1.82, 2.24) is 4.98 Å². The van der Waals surface area contributed by atoms with Gasteiger partial charge in [-0.05, 0) is 19.3 Å². The van der Waals surface area contributed by atoms with Crippen molar-refractivity contribution >= 4 is 22.9 Å². The monoisotopic (exact) mass is 245 g/mol. The maximum Gasteiger partial charge on any atom is 0.122 e. The maximum atomic E-state index is 5.74. The van der Waals surface area contributed by atoms with Crippen LogP contribution in [0.1, 0.15) is 43.0 Å². The molecule has 0 N–H and O–H groups in total. The standard InChI is InChI=1S/C11H16ClNOS/c1-8(14-5-4-9-2-3-9)11-13-10(6-12)7-15-11/h7-9H,2-6H2,1H3. The van der Waals surface area contributed by atoms with Crippen LogP contribution in [0.4, 0.5) is 0 Å². The number of hydrogen-bond acceptors (Lipinski definition) is 3. The van der Waals surface area contributed by atoms with Gasteiger partial charge < -0.3 is 4.74 Å². The number of rotatable bonds is 6. The average molecular weight is 246 g/mol. The predicted molar refractivity (Wildman–Crippen MR) is 63.4 cm³/mol. The number of ether oxygens (including phenoxy) is 1. The van der Waals surface area contributed by atoms with Crippen LogP contribution in [0.15, 0.2) is 5.38 Å². The number of hydrogen-bond donors (Lipinski definition) is 0. The van der Waals surface area contributed by atoms with Gasteiger partial charge in [-0.3, -0.25) is 0 Å². The molecular formula is C11H16ClNOS. The Bertz CT molecular complexity index is 311. The molecule has 1 aliphatic rings. The van der Waals surface area contributed by atoms with Crippen LogP contribution < -0.4 is 0 Å². The first-order valence-corrected chi connectivity index (χ1v) is 6.83. The van der Waals surface area contributed by atoms with Crippen LogP contribution in [-0.4, -0.2) is 11.6 Å². The molecule has 1 aromatic heterocycles. The minimum Gasteiger partial charge on any atom is -0.371 e. The molecule has 0 saturated heterocycles. The number of aromatic nitrogens is 1. The number of alkyl halides is 1. The first kappa shape index (κ1) is 11.4. The zero-order chi connectivity index (χ0) is 10.7. The van der Waals surface area contributed by atoms with Gasteiger partial charge in [-0.2, -0.15) is 0 Å². The Morgan fingerprint density at radius 2 is 2.47 bits per heavy atom. The fourth-order valence-corrected chi connectivity index (χ4v) is 2.51. The smallest absolute Gasteiger partial charge is 0.122 e. The molecule has 84 valence electrons. The van der Waals surface area contributed by atoms with Crippen molar-refractivity contribution in [2.24, 2.45) is 5.92 Å². The van der Waals surface area contributed by atoms with E-state index in [0.717, 1.165) is 23.2 Å². The SMILES string of the molecule is CC(OCCC1CC1)c1nc(CCl)cs1. The molecule has 0 bridgehead atoms. The molecule has 2 rings (SSSR count). The maximum absolute atomic E-state index is 5.74. The molecule has 1 atom stereocenters. The minimum absolute atomic E-state index is 0.116. The first-order chi connectivity index (χ1) is 7.29. The lowest BCUT2D eigenvalue weighted by Crippen LogP contribution is -2.02. The lowest BCUT2D eigenvalue weighted by Gasteiger charge is -2.09. The number of thiazole rings is 1. The van der Waals surface area contributed by atoms with Crippen molar-refractivity contribution < 1.29 is 4.74 Å². The Kier molecular flexibility index (Phi) is 4.00. The van der Waals surface area contributed by atoms with Gasteiger partial charge in [0, 0.05) is 12.0 Å². The summed E-state index contributed by atoms with van der Waals surface area (Å²) < 4.78 is 5.74. The Morgan fingerprint density at radius 1 is 1.67 bits per heavy atom. The molecule has 0 aliphatic heterocycles. The summed E-state index contributed by atoms with van der Waals surface area (Å²) in [6.07, 6.45) is 4.11. The third-order valence-corrected chi connectivity index (χ3v) is 3.97. The highest BCUT2D eigenvalue weighted by Gasteiger charge is 2.21. The molecule has 1 fully saturated rings. The highest BCUT2D eigenvalue weighted by Crippen LogP contribution is 2.33. The second-order valence-electron chi connectivity index (χ2n) is 4.06. The molecule has 1 aromatic rings. The lowest BCUT2D eigenvalue weighted by atomic mass is 10.3. The molecule has 4 heteroatoms. The molecule has 1 unspecified atom stereocenters. The lowest BCUT2D eigenvalue weighted by molar-refractivity contribution is 0.0612. The van der Waals surface area contributed by atoms with Crippen molar-refractivity contribution in [3.63, 3.8) is 0 Å². The highest BCUT2D eigenvalue weighted by molar-refractivity contribution is 7.09. The molecule has 0 aromatic carbocycles. The predicted octanol–water partition coefficient (Wildman–Crippen LogP) is 3.76. The van der Waals surface area contributed by atoms with Gasteiger partial charge in [0.2, 0.25) is 0 Å². The van der Waals surface area contributed by atoms with E-state index in [0.29, 0.717) is 5.88 Å². The Balaban J connectivity index is 1.75. The van der Waals surface area contributed by atoms with Gasteiger partial charge >= 0.3 is 0 Å². The van der Waals surface area contributed by atoms with Crippen LogP contribution in [0.5, 0.6) is 0 Å². The molecule has 15 heavy (non-hydrogen) atoms. The first-order valence-electron chi connectivity index (χ1n) is 5.41. The van der Waals surface area contributed by atoms with E-state index in [1.165, 1.54) is 19.3 Å². The van der Waals surface area contributed by atoms with Crippen LogP contribution in [0.3, 0.4) is 0 Å². The molecule has 1 heterocycles.